The first-order chi connectivity index (χ1) is 13.5. The summed E-state index contributed by atoms with van der Waals surface area (Å²) in [6.07, 6.45) is 1.72. The zero-order chi connectivity index (χ0) is 20.4. The summed E-state index contributed by atoms with van der Waals surface area (Å²) in [5.74, 6) is 1.51. The summed E-state index contributed by atoms with van der Waals surface area (Å²) < 4.78 is 5.68. The minimum Gasteiger partial charge on any atom is -0.489 e. The smallest absolute Gasteiger partial charge is 0.253 e. The molecular formula is C22H28N4O2. The molecule has 2 aromatic carbocycles. The Morgan fingerprint density at radius 3 is 2.43 bits per heavy atom. The van der Waals surface area contributed by atoms with E-state index in [1.54, 1.807) is 32.1 Å². The Bertz CT molecular complexity index is 814. The van der Waals surface area contributed by atoms with E-state index < -0.39 is 0 Å². The normalized spacial score (nSPS) is 10.9. The van der Waals surface area contributed by atoms with E-state index in [0.29, 0.717) is 31.2 Å². The van der Waals surface area contributed by atoms with E-state index >= 15 is 0 Å². The van der Waals surface area contributed by atoms with E-state index in [0.717, 1.165) is 16.9 Å². The van der Waals surface area contributed by atoms with Crippen molar-refractivity contribution < 1.29 is 9.53 Å². The molecule has 0 bridgehead atoms. The van der Waals surface area contributed by atoms with Crippen LogP contribution in [0.4, 0.5) is 0 Å². The molecule has 6 nitrogen and oxygen atoms in total. The minimum atomic E-state index is -0.00526. The van der Waals surface area contributed by atoms with Crippen LogP contribution < -0.4 is 15.4 Å². The van der Waals surface area contributed by atoms with Crippen molar-refractivity contribution in [3.05, 3.63) is 77.9 Å². The van der Waals surface area contributed by atoms with Crippen LogP contribution in [-0.2, 0) is 13.1 Å². The predicted octanol–water partition coefficient (Wildman–Crippen LogP) is 2.82. The van der Waals surface area contributed by atoms with E-state index in [1.165, 1.54) is 0 Å². The molecule has 0 radical (unpaired) electrons. The SMILES string of the molecule is C=CCOc1ccccc1CNC(=NC)NCc1ccc(C(=O)N(C)C)cc1. The van der Waals surface area contributed by atoms with Crippen molar-refractivity contribution in [3.63, 3.8) is 0 Å². The number of nitrogens with one attached hydrogen (secondary N) is 2. The van der Waals surface area contributed by atoms with Gasteiger partial charge in [0.2, 0.25) is 0 Å². The predicted molar refractivity (Wildman–Crippen MR) is 114 cm³/mol. The summed E-state index contributed by atoms with van der Waals surface area (Å²) in [5, 5.41) is 6.57. The van der Waals surface area contributed by atoms with Crippen molar-refractivity contribution in [2.45, 2.75) is 13.1 Å². The molecule has 0 heterocycles. The number of guanidine groups is 1. The molecular weight excluding hydrogens is 352 g/mol. The van der Waals surface area contributed by atoms with Crippen molar-refractivity contribution in [3.8, 4) is 5.75 Å². The molecule has 0 aliphatic rings. The summed E-state index contributed by atoms with van der Waals surface area (Å²) >= 11 is 0. The average Bonchev–Trinajstić information content (AvgIpc) is 2.72. The van der Waals surface area contributed by atoms with Gasteiger partial charge in [-0.25, -0.2) is 0 Å². The minimum absolute atomic E-state index is 0.00526. The second kappa shape index (κ2) is 10.8. The Morgan fingerprint density at radius 2 is 1.79 bits per heavy atom. The molecule has 0 fully saturated rings. The number of hydrogen-bond donors (Lipinski definition) is 2. The fraction of sp³-hybridized carbons (Fsp3) is 0.273. The van der Waals surface area contributed by atoms with Gasteiger partial charge >= 0.3 is 0 Å². The fourth-order valence-corrected chi connectivity index (χ4v) is 2.55. The van der Waals surface area contributed by atoms with Crippen LogP contribution >= 0.6 is 0 Å². The highest BCUT2D eigenvalue weighted by atomic mass is 16.5. The Labute approximate surface area is 166 Å². The molecule has 6 heteroatoms. The number of nitrogens with zero attached hydrogens (tertiary/aromatic N) is 2. The fourth-order valence-electron chi connectivity index (χ4n) is 2.55. The molecule has 0 aliphatic carbocycles. The number of carbonyl (C=O) groups is 1. The number of para-hydroxylation sites is 1. The van der Waals surface area contributed by atoms with Gasteiger partial charge in [0.25, 0.3) is 5.91 Å². The van der Waals surface area contributed by atoms with Gasteiger partial charge < -0.3 is 20.3 Å². The molecule has 2 rings (SSSR count). The lowest BCUT2D eigenvalue weighted by molar-refractivity contribution is 0.0827. The number of ether oxygens (including phenoxy) is 1. The van der Waals surface area contributed by atoms with Gasteiger partial charge in [-0.3, -0.25) is 9.79 Å². The van der Waals surface area contributed by atoms with Crippen LogP contribution in [0.5, 0.6) is 5.75 Å². The Hall–Kier alpha value is -3.28. The highest BCUT2D eigenvalue weighted by Crippen LogP contribution is 2.17. The molecule has 0 aromatic heterocycles. The third kappa shape index (κ3) is 6.16. The third-order valence-electron chi connectivity index (χ3n) is 4.07. The maximum Gasteiger partial charge on any atom is 0.253 e. The van der Waals surface area contributed by atoms with Crippen LogP contribution in [-0.4, -0.2) is 44.5 Å². The lowest BCUT2D eigenvalue weighted by Gasteiger charge is -2.15. The van der Waals surface area contributed by atoms with Crippen LogP contribution in [0.15, 0.2) is 66.2 Å². The summed E-state index contributed by atoms with van der Waals surface area (Å²) in [6.45, 7) is 5.34. The number of carbonyl (C=O) groups excluding carboxylic acids is 1. The molecule has 1 amide bonds. The van der Waals surface area contributed by atoms with Gasteiger partial charge in [-0.05, 0) is 23.8 Å². The van der Waals surface area contributed by atoms with Crippen molar-refractivity contribution in [1.29, 1.82) is 0 Å². The molecule has 28 heavy (non-hydrogen) atoms. The zero-order valence-corrected chi connectivity index (χ0v) is 16.7. The first kappa shape index (κ1) is 21.0. The average molecular weight is 380 g/mol. The quantitative estimate of drug-likeness (QED) is 0.420. The van der Waals surface area contributed by atoms with Gasteiger partial charge in [0, 0.05) is 45.4 Å². The lowest BCUT2D eigenvalue weighted by atomic mass is 10.1. The van der Waals surface area contributed by atoms with Gasteiger partial charge in [-0.2, -0.15) is 0 Å². The van der Waals surface area contributed by atoms with Crippen LogP contribution in [0.2, 0.25) is 0 Å². The molecule has 0 saturated carbocycles. The summed E-state index contributed by atoms with van der Waals surface area (Å²) in [5.41, 5.74) is 2.78. The highest BCUT2D eigenvalue weighted by Gasteiger charge is 2.08. The van der Waals surface area contributed by atoms with E-state index in [9.17, 15) is 4.79 Å². The van der Waals surface area contributed by atoms with Gasteiger partial charge in [-0.15, -0.1) is 0 Å². The summed E-state index contributed by atoms with van der Waals surface area (Å²) in [6, 6.07) is 15.4. The van der Waals surface area contributed by atoms with Gasteiger partial charge in [0.05, 0.1) is 0 Å². The molecule has 0 aliphatic heterocycles. The van der Waals surface area contributed by atoms with Crippen LogP contribution in [0.25, 0.3) is 0 Å². The van der Waals surface area contributed by atoms with Crippen molar-refractivity contribution in [2.75, 3.05) is 27.7 Å². The van der Waals surface area contributed by atoms with Crippen molar-refractivity contribution >= 4 is 11.9 Å². The lowest BCUT2D eigenvalue weighted by Crippen LogP contribution is -2.36. The van der Waals surface area contributed by atoms with Gasteiger partial charge in [0.15, 0.2) is 5.96 Å². The third-order valence-corrected chi connectivity index (χ3v) is 4.07. The zero-order valence-electron chi connectivity index (χ0n) is 16.7. The number of aliphatic imine (C=N–C) groups is 1. The van der Waals surface area contributed by atoms with Crippen LogP contribution in [0, 0.1) is 0 Å². The maximum atomic E-state index is 11.9. The summed E-state index contributed by atoms with van der Waals surface area (Å²) in [7, 11) is 5.22. The number of amides is 1. The van der Waals surface area contributed by atoms with Crippen LogP contribution in [0.1, 0.15) is 21.5 Å². The van der Waals surface area contributed by atoms with E-state index in [4.69, 9.17) is 4.74 Å². The second-order valence-electron chi connectivity index (χ2n) is 6.38. The first-order valence-electron chi connectivity index (χ1n) is 9.12. The molecule has 0 saturated heterocycles. The monoisotopic (exact) mass is 380 g/mol. The van der Waals surface area contributed by atoms with Crippen molar-refractivity contribution in [1.82, 2.24) is 15.5 Å². The maximum absolute atomic E-state index is 11.9. The molecule has 0 spiro atoms. The van der Waals surface area contributed by atoms with E-state index in [1.807, 2.05) is 48.5 Å². The molecule has 148 valence electrons. The topological polar surface area (TPSA) is 66.0 Å². The largest absolute Gasteiger partial charge is 0.489 e. The Kier molecular flexibility index (Phi) is 8.09. The number of hydrogen-bond acceptors (Lipinski definition) is 3. The standard InChI is InChI=1S/C22H28N4O2/c1-5-14-28-20-9-7-6-8-19(20)16-25-22(23-2)24-15-17-10-12-18(13-11-17)21(27)26(3)4/h5-13H,1,14-16H2,2-4H3,(H2,23,24,25). The molecule has 2 N–H and O–H groups in total. The highest BCUT2D eigenvalue weighted by molar-refractivity contribution is 5.93. The molecule has 2 aromatic rings. The van der Waals surface area contributed by atoms with Crippen molar-refractivity contribution in [2.24, 2.45) is 4.99 Å². The van der Waals surface area contributed by atoms with Gasteiger partial charge in [-0.1, -0.05) is 43.0 Å². The Balaban J connectivity index is 1.90. The van der Waals surface area contributed by atoms with Crippen LogP contribution in [0.3, 0.4) is 0 Å². The van der Waals surface area contributed by atoms with E-state index in [2.05, 4.69) is 22.2 Å². The Morgan fingerprint density at radius 1 is 1.11 bits per heavy atom. The summed E-state index contributed by atoms with van der Waals surface area (Å²) in [4.78, 5) is 17.8. The van der Waals surface area contributed by atoms with Gasteiger partial charge in [0.1, 0.15) is 12.4 Å². The molecule has 0 atom stereocenters. The number of benzene rings is 2. The second-order valence-corrected chi connectivity index (χ2v) is 6.38. The number of rotatable bonds is 8. The van der Waals surface area contributed by atoms with E-state index in [-0.39, 0.29) is 5.91 Å². The molecule has 0 unspecified atom stereocenters. The first-order valence-corrected chi connectivity index (χ1v) is 9.12.